The molecule has 1 aliphatic rings. The molecule has 0 radical (unpaired) electrons. The molecule has 2 rings (SSSR count). The van der Waals surface area contributed by atoms with Crippen molar-refractivity contribution in [2.24, 2.45) is 5.92 Å². The predicted octanol–water partition coefficient (Wildman–Crippen LogP) is 0.760. The summed E-state index contributed by atoms with van der Waals surface area (Å²) in [4.78, 5) is 15.2. The number of pyridine rings is 1. The Morgan fingerprint density at radius 3 is 2.85 bits per heavy atom. The van der Waals surface area contributed by atoms with Gasteiger partial charge in [-0.15, -0.1) is 0 Å². The number of rotatable bonds is 2. The number of aromatic nitrogens is 1. The third-order valence-corrected chi connectivity index (χ3v) is 2.39. The molecule has 68 valence electrons. The number of amides is 1. The van der Waals surface area contributed by atoms with Crippen LogP contribution in [0.4, 0.5) is 0 Å². The molecule has 1 aliphatic heterocycles. The van der Waals surface area contributed by atoms with Crippen LogP contribution in [0, 0.1) is 5.92 Å². The molecular formula is C10H12N2O. The first-order chi connectivity index (χ1) is 6.36. The van der Waals surface area contributed by atoms with Crippen molar-refractivity contribution in [2.45, 2.75) is 12.8 Å². The molecule has 0 spiro atoms. The van der Waals surface area contributed by atoms with E-state index < -0.39 is 0 Å². The van der Waals surface area contributed by atoms with Crippen molar-refractivity contribution in [1.29, 1.82) is 0 Å². The van der Waals surface area contributed by atoms with Crippen molar-refractivity contribution >= 4 is 5.91 Å². The highest BCUT2D eigenvalue weighted by atomic mass is 16.2. The lowest BCUT2D eigenvalue weighted by molar-refractivity contribution is -0.122. The third-order valence-electron chi connectivity index (χ3n) is 2.39. The number of hydrogen-bond donors (Lipinski definition) is 1. The van der Waals surface area contributed by atoms with Gasteiger partial charge >= 0.3 is 0 Å². The van der Waals surface area contributed by atoms with Gasteiger partial charge in [0.25, 0.3) is 0 Å². The molecule has 1 amide bonds. The normalized spacial score (nSPS) is 21.5. The first kappa shape index (κ1) is 8.23. The molecule has 3 heteroatoms. The van der Waals surface area contributed by atoms with E-state index in [0.29, 0.717) is 0 Å². The van der Waals surface area contributed by atoms with Gasteiger partial charge in [0.05, 0.1) is 0 Å². The molecular weight excluding hydrogens is 164 g/mol. The molecule has 1 saturated heterocycles. The molecule has 13 heavy (non-hydrogen) atoms. The van der Waals surface area contributed by atoms with Crippen LogP contribution in [0.1, 0.15) is 12.0 Å². The number of nitrogens with one attached hydrogen (secondary N) is 1. The summed E-state index contributed by atoms with van der Waals surface area (Å²) in [5.41, 5.74) is 1.19. The van der Waals surface area contributed by atoms with Gasteiger partial charge < -0.3 is 5.32 Å². The van der Waals surface area contributed by atoms with Crippen LogP contribution in [-0.2, 0) is 11.2 Å². The van der Waals surface area contributed by atoms with Crippen LogP contribution in [0.3, 0.4) is 0 Å². The van der Waals surface area contributed by atoms with E-state index in [1.54, 1.807) is 12.4 Å². The molecule has 1 aromatic heterocycles. The van der Waals surface area contributed by atoms with Crippen molar-refractivity contribution in [1.82, 2.24) is 10.3 Å². The van der Waals surface area contributed by atoms with Crippen LogP contribution in [0.25, 0.3) is 0 Å². The van der Waals surface area contributed by atoms with Gasteiger partial charge in [0.2, 0.25) is 5.91 Å². The first-order valence-electron chi connectivity index (χ1n) is 4.53. The fraction of sp³-hybridized carbons (Fsp3) is 0.400. The Bertz CT molecular complexity index is 297. The number of carbonyl (C=O) groups is 1. The average molecular weight is 176 g/mol. The van der Waals surface area contributed by atoms with Crippen LogP contribution in [-0.4, -0.2) is 17.4 Å². The molecule has 0 aliphatic carbocycles. The number of hydrogen-bond acceptors (Lipinski definition) is 2. The zero-order valence-corrected chi connectivity index (χ0v) is 7.36. The first-order valence-corrected chi connectivity index (χ1v) is 4.53. The van der Waals surface area contributed by atoms with Gasteiger partial charge in [-0.2, -0.15) is 0 Å². The fourth-order valence-electron chi connectivity index (χ4n) is 1.64. The van der Waals surface area contributed by atoms with Gasteiger partial charge in [0.1, 0.15) is 0 Å². The molecule has 1 aromatic rings. The van der Waals surface area contributed by atoms with Crippen LogP contribution in [0.2, 0.25) is 0 Å². The molecule has 2 heterocycles. The fourth-order valence-corrected chi connectivity index (χ4v) is 1.64. The second-order valence-corrected chi connectivity index (χ2v) is 3.34. The van der Waals surface area contributed by atoms with E-state index in [9.17, 15) is 4.79 Å². The minimum absolute atomic E-state index is 0.169. The van der Waals surface area contributed by atoms with E-state index >= 15 is 0 Å². The highest BCUT2D eigenvalue weighted by molar-refractivity contribution is 5.80. The summed E-state index contributed by atoms with van der Waals surface area (Å²) < 4.78 is 0. The van der Waals surface area contributed by atoms with Gasteiger partial charge in [0.15, 0.2) is 0 Å². The quantitative estimate of drug-likeness (QED) is 0.722. The molecule has 1 unspecified atom stereocenters. The minimum atomic E-state index is 0.169. The maximum absolute atomic E-state index is 11.3. The largest absolute Gasteiger partial charge is 0.356 e. The summed E-state index contributed by atoms with van der Waals surface area (Å²) in [5.74, 6) is 0.360. The number of carbonyl (C=O) groups excluding carboxylic acids is 1. The maximum atomic E-state index is 11.3. The summed E-state index contributed by atoms with van der Waals surface area (Å²) in [5, 5.41) is 2.84. The minimum Gasteiger partial charge on any atom is -0.356 e. The lowest BCUT2D eigenvalue weighted by Crippen LogP contribution is -2.20. The van der Waals surface area contributed by atoms with Crippen molar-refractivity contribution in [3.63, 3.8) is 0 Å². The van der Waals surface area contributed by atoms with Gasteiger partial charge in [-0.1, -0.05) is 0 Å². The van der Waals surface area contributed by atoms with Gasteiger partial charge in [-0.05, 0) is 30.5 Å². The predicted molar refractivity (Wildman–Crippen MR) is 49.1 cm³/mol. The second kappa shape index (κ2) is 3.56. The van der Waals surface area contributed by atoms with Crippen molar-refractivity contribution < 1.29 is 4.79 Å². The summed E-state index contributed by atoms with van der Waals surface area (Å²) in [7, 11) is 0. The standard InChI is InChI=1S/C10H12N2O/c13-10-9(3-6-12-10)7-8-1-4-11-5-2-8/h1-2,4-5,9H,3,6-7H2,(H,12,13). The highest BCUT2D eigenvalue weighted by Crippen LogP contribution is 2.15. The molecule has 0 bridgehead atoms. The summed E-state index contributed by atoms with van der Waals surface area (Å²) >= 11 is 0. The SMILES string of the molecule is O=C1NCCC1Cc1ccncc1. The Morgan fingerprint density at radius 2 is 2.23 bits per heavy atom. The smallest absolute Gasteiger partial charge is 0.223 e. The lowest BCUT2D eigenvalue weighted by atomic mass is 9.99. The number of nitrogens with zero attached hydrogens (tertiary/aromatic N) is 1. The molecule has 0 saturated carbocycles. The summed E-state index contributed by atoms with van der Waals surface area (Å²) in [6.07, 6.45) is 5.33. The van der Waals surface area contributed by atoms with Gasteiger partial charge in [0, 0.05) is 24.9 Å². The van der Waals surface area contributed by atoms with Crippen LogP contribution in [0.5, 0.6) is 0 Å². The van der Waals surface area contributed by atoms with E-state index in [1.807, 2.05) is 12.1 Å². The Labute approximate surface area is 77.2 Å². The van der Waals surface area contributed by atoms with E-state index in [1.165, 1.54) is 5.56 Å². The average Bonchev–Trinajstić information content (AvgIpc) is 2.54. The third kappa shape index (κ3) is 1.86. The maximum Gasteiger partial charge on any atom is 0.223 e. The van der Waals surface area contributed by atoms with Crippen molar-refractivity contribution in [3.05, 3.63) is 30.1 Å². The van der Waals surface area contributed by atoms with E-state index in [2.05, 4.69) is 10.3 Å². The lowest BCUT2D eigenvalue weighted by Gasteiger charge is -2.05. The monoisotopic (exact) mass is 176 g/mol. The van der Waals surface area contributed by atoms with Crippen molar-refractivity contribution in [3.8, 4) is 0 Å². The zero-order valence-electron chi connectivity index (χ0n) is 7.36. The molecule has 1 fully saturated rings. The molecule has 0 aromatic carbocycles. The molecule has 1 atom stereocenters. The summed E-state index contributed by atoms with van der Waals surface area (Å²) in [6, 6.07) is 3.93. The second-order valence-electron chi connectivity index (χ2n) is 3.34. The van der Waals surface area contributed by atoms with Crippen molar-refractivity contribution in [2.75, 3.05) is 6.54 Å². The molecule has 1 N–H and O–H groups in total. The van der Waals surface area contributed by atoms with E-state index in [0.717, 1.165) is 19.4 Å². The summed E-state index contributed by atoms with van der Waals surface area (Å²) in [6.45, 7) is 0.828. The topological polar surface area (TPSA) is 42.0 Å². The zero-order chi connectivity index (χ0) is 9.10. The van der Waals surface area contributed by atoms with E-state index in [4.69, 9.17) is 0 Å². The highest BCUT2D eigenvalue weighted by Gasteiger charge is 2.23. The van der Waals surface area contributed by atoms with Gasteiger partial charge in [-0.25, -0.2) is 0 Å². The van der Waals surface area contributed by atoms with Gasteiger partial charge in [-0.3, -0.25) is 9.78 Å². The Balaban J connectivity index is 2.02. The Kier molecular flexibility index (Phi) is 2.25. The molecule has 3 nitrogen and oxygen atoms in total. The van der Waals surface area contributed by atoms with Crippen LogP contribution < -0.4 is 5.32 Å². The van der Waals surface area contributed by atoms with E-state index in [-0.39, 0.29) is 11.8 Å². The van der Waals surface area contributed by atoms with Crippen LogP contribution >= 0.6 is 0 Å². The Morgan fingerprint density at radius 1 is 1.46 bits per heavy atom. The Hall–Kier alpha value is -1.38. The van der Waals surface area contributed by atoms with Crippen LogP contribution in [0.15, 0.2) is 24.5 Å².